The second-order valence-corrected chi connectivity index (χ2v) is 3.67. The summed E-state index contributed by atoms with van der Waals surface area (Å²) in [7, 11) is 0. The molecule has 0 saturated heterocycles. The summed E-state index contributed by atoms with van der Waals surface area (Å²) < 4.78 is 0. The van der Waals surface area contributed by atoms with Crippen LogP contribution in [0.1, 0.15) is 42.0 Å². The van der Waals surface area contributed by atoms with Gasteiger partial charge in [0.1, 0.15) is 0 Å². The number of hydrogen-bond donors (Lipinski definition) is 0. The average Bonchev–Trinajstić information content (AvgIpc) is 2.27. The van der Waals surface area contributed by atoms with Gasteiger partial charge in [-0.05, 0) is 48.4 Å². The van der Waals surface area contributed by atoms with Gasteiger partial charge in [-0.25, -0.2) is 0 Å². The van der Waals surface area contributed by atoms with Crippen LogP contribution < -0.4 is 0 Å². The van der Waals surface area contributed by atoms with Crippen molar-refractivity contribution < 1.29 is 0 Å². The summed E-state index contributed by atoms with van der Waals surface area (Å²) in [4.78, 5) is 0. The zero-order valence-electron chi connectivity index (χ0n) is 8.43. The minimum atomic E-state index is 0.853. The maximum atomic E-state index is 9.04. The number of hydrogen-bond acceptors (Lipinski definition) is 1. The third-order valence-electron chi connectivity index (χ3n) is 2.76. The Morgan fingerprint density at radius 3 is 3.07 bits per heavy atom. The van der Waals surface area contributed by atoms with Crippen molar-refractivity contribution in [1.82, 2.24) is 0 Å². The summed E-state index contributed by atoms with van der Waals surface area (Å²) in [5.41, 5.74) is 4.48. The van der Waals surface area contributed by atoms with Crippen LogP contribution in [0.5, 0.6) is 0 Å². The number of aryl methyl sites for hydroxylation is 1. The number of rotatable bonds is 1. The molecule has 0 aliphatic heterocycles. The molecule has 1 aromatic rings. The van der Waals surface area contributed by atoms with Gasteiger partial charge in [-0.1, -0.05) is 13.0 Å². The van der Waals surface area contributed by atoms with E-state index in [1.807, 2.05) is 6.07 Å². The minimum absolute atomic E-state index is 0.853. The highest BCUT2D eigenvalue weighted by Gasteiger charge is 2.14. The number of nitrogens with zero attached hydrogens (tertiary/aromatic N) is 1. The third kappa shape index (κ3) is 1.53. The largest absolute Gasteiger partial charge is 0.192 e. The molecule has 2 rings (SSSR count). The van der Waals surface area contributed by atoms with Crippen LogP contribution in [0, 0.1) is 17.8 Å². The molecule has 1 aromatic carbocycles. The Bertz CT molecular complexity index is 385. The maximum absolute atomic E-state index is 9.04. The van der Waals surface area contributed by atoms with Gasteiger partial charge in [-0.15, -0.1) is 0 Å². The second-order valence-electron chi connectivity index (χ2n) is 3.67. The third-order valence-corrected chi connectivity index (χ3v) is 2.76. The first-order valence-corrected chi connectivity index (χ1v) is 5.15. The molecule has 0 spiro atoms. The normalized spacial score (nSPS) is 14.6. The molecule has 2 radical (unpaired) electrons. The molecule has 0 N–H and O–H groups in total. The molecule has 0 fully saturated rings. The quantitative estimate of drug-likeness (QED) is 0.656. The van der Waals surface area contributed by atoms with Crippen molar-refractivity contribution in [3.8, 4) is 6.07 Å². The zero-order valence-corrected chi connectivity index (χ0v) is 8.43. The molecule has 14 heavy (non-hydrogen) atoms. The van der Waals surface area contributed by atoms with E-state index in [4.69, 9.17) is 5.26 Å². The predicted octanol–water partition coefficient (Wildman–Crippen LogP) is 2.89. The van der Waals surface area contributed by atoms with Gasteiger partial charge < -0.3 is 0 Å². The van der Waals surface area contributed by atoms with Gasteiger partial charge in [0.25, 0.3) is 0 Å². The van der Waals surface area contributed by atoms with Crippen molar-refractivity contribution in [1.29, 1.82) is 5.26 Å². The molecule has 1 aliphatic carbocycles. The van der Waals surface area contributed by atoms with Crippen LogP contribution in [0.2, 0.25) is 0 Å². The van der Waals surface area contributed by atoms with E-state index in [0.717, 1.165) is 31.2 Å². The summed E-state index contributed by atoms with van der Waals surface area (Å²) >= 11 is 0. The van der Waals surface area contributed by atoms with Crippen molar-refractivity contribution in [2.45, 2.75) is 32.6 Å². The predicted molar refractivity (Wildman–Crippen MR) is 55.8 cm³/mol. The van der Waals surface area contributed by atoms with E-state index < -0.39 is 0 Å². The first kappa shape index (κ1) is 9.27. The van der Waals surface area contributed by atoms with Gasteiger partial charge >= 0.3 is 0 Å². The highest BCUT2D eigenvalue weighted by Crippen LogP contribution is 2.27. The summed E-state index contributed by atoms with van der Waals surface area (Å²) in [6.45, 7) is 2.12. The Labute approximate surface area is 85.4 Å². The molecule has 0 unspecified atom stereocenters. The summed E-state index contributed by atoms with van der Waals surface area (Å²) in [6.07, 6.45) is 7.55. The molecule has 1 aliphatic rings. The van der Waals surface area contributed by atoms with Gasteiger partial charge in [0, 0.05) is 6.42 Å². The molecular formula is C13H13N. The fraction of sp³-hybridized carbons (Fsp3) is 0.385. The molecule has 0 aromatic heterocycles. The van der Waals surface area contributed by atoms with Gasteiger partial charge in [0.15, 0.2) is 0 Å². The van der Waals surface area contributed by atoms with Crippen LogP contribution in [-0.2, 0) is 12.8 Å². The zero-order chi connectivity index (χ0) is 9.97. The fourth-order valence-corrected chi connectivity index (χ4v) is 1.95. The Morgan fingerprint density at radius 1 is 1.50 bits per heavy atom. The fourth-order valence-electron chi connectivity index (χ4n) is 1.95. The lowest BCUT2D eigenvalue weighted by atomic mass is 9.86. The Balaban J connectivity index is 2.54. The van der Waals surface area contributed by atoms with Gasteiger partial charge in [0.05, 0.1) is 11.6 Å². The highest BCUT2D eigenvalue weighted by atomic mass is 14.3. The van der Waals surface area contributed by atoms with Crippen molar-refractivity contribution >= 4 is 0 Å². The molecule has 0 heterocycles. The summed E-state index contributed by atoms with van der Waals surface area (Å²) in [5.74, 6) is 0. The lowest BCUT2D eigenvalue weighted by molar-refractivity contribution is 0.771. The van der Waals surface area contributed by atoms with E-state index >= 15 is 0 Å². The summed E-state index contributed by atoms with van der Waals surface area (Å²) in [6, 6.07) is 6.49. The molecule has 1 nitrogen and oxygen atoms in total. The summed E-state index contributed by atoms with van der Waals surface area (Å²) in [5, 5.41) is 9.04. The van der Waals surface area contributed by atoms with Gasteiger partial charge in [-0.3, -0.25) is 0 Å². The molecule has 0 saturated carbocycles. The number of nitriles is 1. The Morgan fingerprint density at radius 2 is 2.36 bits per heavy atom. The van der Waals surface area contributed by atoms with Gasteiger partial charge in [-0.2, -0.15) is 5.26 Å². The number of benzene rings is 1. The van der Waals surface area contributed by atoms with Crippen LogP contribution in [-0.4, -0.2) is 0 Å². The highest BCUT2D eigenvalue weighted by molar-refractivity contribution is 5.49. The van der Waals surface area contributed by atoms with Gasteiger partial charge in [0.2, 0.25) is 0 Å². The van der Waals surface area contributed by atoms with E-state index in [-0.39, 0.29) is 0 Å². The molecule has 70 valence electrons. The maximum Gasteiger partial charge on any atom is 0.0994 e. The second kappa shape index (κ2) is 3.84. The van der Waals surface area contributed by atoms with Crippen LogP contribution in [0.4, 0.5) is 0 Å². The van der Waals surface area contributed by atoms with E-state index in [1.54, 1.807) is 0 Å². The standard InChI is InChI=1S/C13H13N/c1-2-10-7-11-5-3-4-6-13(11)12(8-10)9-14/h7-8H,2-4,6H2,1H3. The van der Waals surface area contributed by atoms with Crippen molar-refractivity contribution in [3.05, 3.63) is 40.8 Å². The van der Waals surface area contributed by atoms with Crippen molar-refractivity contribution in [2.24, 2.45) is 0 Å². The Hall–Kier alpha value is -1.29. The van der Waals surface area contributed by atoms with Crippen LogP contribution >= 0.6 is 0 Å². The lowest BCUT2D eigenvalue weighted by Crippen LogP contribution is -2.04. The molecule has 0 amide bonds. The van der Waals surface area contributed by atoms with E-state index in [0.29, 0.717) is 0 Å². The molecule has 0 bridgehead atoms. The van der Waals surface area contributed by atoms with Crippen LogP contribution in [0.25, 0.3) is 0 Å². The Kier molecular flexibility index (Phi) is 2.54. The number of fused-ring (bicyclic) bond motifs is 1. The first-order valence-electron chi connectivity index (χ1n) is 5.15. The molecule has 1 heteroatoms. The van der Waals surface area contributed by atoms with E-state index in [1.165, 1.54) is 16.7 Å². The van der Waals surface area contributed by atoms with Crippen LogP contribution in [0.15, 0.2) is 12.1 Å². The van der Waals surface area contributed by atoms with Crippen LogP contribution in [0.3, 0.4) is 0 Å². The first-order chi connectivity index (χ1) is 6.85. The monoisotopic (exact) mass is 183 g/mol. The molecular weight excluding hydrogens is 170 g/mol. The van der Waals surface area contributed by atoms with Crippen molar-refractivity contribution in [2.75, 3.05) is 0 Å². The molecule has 0 atom stereocenters. The minimum Gasteiger partial charge on any atom is -0.192 e. The average molecular weight is 183 g/mol. The SMILES string of the molecule is CCc1cc2c(c(C#N)c1)CCC[C]2. The topological polar surface area (TPSA) is 23.8 Å². The van der Waals surface area contributed by atoms with E-state index in [9.17, 15) is 0 Å². The lowest BCUT2D eigenvalue weighted by Gasteiger charge is -2.17. The van der Waals surface area contributed by atoms with Crippen molar-refractivity contribution in [3.63, 3.8) is 0 Å². The smallest absolute Gasteiger partial charge is 0.0994 e. The van der Waals surface area contributed by atoms with E-state index in [2.05, 4.69) is 25.5 Å².